The fourth-order valence-electron chi connectivity index (χ4n) is 2.81. The van der Waals surface area contributed by atoms with Gasteiger partial charge in [-0.25, -0.2) is 0 Å². The quantitative estimate of drug-likeness (QED) is 0.562. The highest BCUT2D eigenvalue weighted by atomic mass is 31.2. The van der Waals surface area contributed by atoms with Gasteiger partial charge in [0.15, 0.2) is 0 Å². The third-order valence-electron chi connectivity index (χ3n) is 3.96. The van der Waals surface area contributed by atoms with Crippen molar-refractivity contribution in [2.45, 2.75) is 53.9 Å². The van der Waals surface area contributed by atoms with Crippen molar-refractivity contribution in [3.8, 4) is 11.5 Å². The smallest absolute Gasteiger partial charge is 0.329 e. The highest BCUT2D eigenvalue weighted by molar-refractivity contribution is 7.52. The lowest BCUT2D eigenvalue weighted by molar-refractivity contribution is 0.376. The van der Waals surface area contributed by atoms with Crippen molar-refractivity contribution in [2.75, 3.05) is 6.16 Å². The summed E-state index contributed by atoms with van der Waals surface area (Å²) in [6.45, 7) is 11.8. The number of hydrogen-bond acceptors (Lipinski definition) is 3. The summed E-state index contributed by atoms with van der Waals surface area (Å²) in [7, 11) is -4.12. The van der Waals surface area contributed by atoms with E-state index in [2.05, 4.69) is 0 Å². The van der Waals surface area contributed by atoms with E-state index >= 15 is 0 Å². The number of benzene rings is 1. The highest BCUT2D eigenvalue weighted by Gasteiger charge is 2.18. The molecule has 0 atom stereocenters. The molecule has 5 nitrogen and oxygen atoms in total. The van der Waals surface area contributed by atoms with Gasteiger partial charge < -0.3 is 19.6 Å². The third kappa shape index (κ3) is 7.37. The van der Waals surface area contributed by atoms with Crippen molar-refractivity contribution in [3.63, 3.8) is 0 Å². The number of aromatic hydroxyl groups is 1. The van der Waals surface area contributed by atoms with Gasteiger partial charge in [-0.1, -0.05) is 45.4 Å². The Morgan fingerprint density at radius 2 is 1.78 bits per heavy atom. The van der Waals surface area contributed by atoms with E-state index in [1.807, 2.05) is 47.6 Å². The molecule has 1 aromatic carbocycles. The van der Waals surface area contributed by atoms with Crippen LogP contribution in [0.4, 0.5) is 0 Å². The van der Waals surface area contributed by atoms with Gasteiger partial charge in [0.2, 0.25) is 0 Å². The summed E-state index contributed by atoms with van der Waals surface area (Å²) < 4.78 is 17.3. The van der Waals surface area contributed by atoms with Crippen molar-refractivity contribution in [1.82, 2.24) is 0 Å². The van der Waals surface area contributed by atoms with Gasteiger partial charge in [-0.3, -0.25) is 4.57 Å². The average molecular weight is 394 g/mol. The molecule has 6 heteroatoms. The Balaban J connectivity index is 0.00000176. The van der Waals surface area contributed by atoms with Crippen LogP contribution in [0.25, 0.3) is 0 Å². The number of ether oxygens (including phenoxy) is 1. The predicted molar refractivity (Wildman–Crippen MR) is 110 cm³/mol. The maximum absolute atomic E-state index is 11.3. The Kier molecular flexibility index (Phi) is 8.55. The number of hydrogen-bond donors (Lipinski definition) is 3. The first-order valence-electron chi connectivity index (χ1n) is 9.18. The van der Waals surface area contributed by atoms with Crippen molar-refractivity contribution in [3.05, 3.63) is 58.4 Å². The van der Waals surface area contributed by atoms with Gasteiger partial charge in [0.25, 0.3) is 0 Å². The Hall–Kier alpha value is -1.81. The van der Waals surface area contributed by atoms with Crippen LogP contribution in [-0.2, 0) is 4.57 Å². The molecule has 27 heavy (non-hydrogen) atoms. The minimum absolute atomic E-state index is 0.171. The first kappa shape index (κ1) is 23.2. The van der Waals surface area contributed by atoms with Crippen LogP contribution in [0.1, 0.15) is 59.4 Å². The van der Waals surface area contributed by atoms with Gasteiger partial charge in [0.1, 0.15) is 17.3 Å². The minimum atomic E-state index is -4.12. The van der Waals surface area contributed by atoms with Crippen LogP contribution < -0.4 is 4.74 Å². The second-order valence-electron chi connectivity index (χ2n) is 6.79. The summed E-state index contributed by atoms with van der Waals surface area (Å²) >= 11 is 0. The van der Waals surface area contributed by atoms with Crippen LogP contribution in [-0.4, -0.2) is 21.1 Å². The number of phenolic OH excluding ortho intramolecular Hbond substituents is 1. The van der Waals surface area contributed by atoms with E-state index in [1.165, 1.54) is 0 Å². The molecular weight excluding hydrogens is 363 g/mol. The van der Waals surface area contributed by atoms with E-state index in [1.54, 1.807) is 24.3 Å². The van der Waals surface area contributed by atoms with E-state index in [9.17, 15) is 19.5 Å². The maximum Gasteiger partial charge on any atom is 0.329 e. The van der Waals surface area contributed by atoms with Gasteiger partial charge >= 0.3 is 7.60 Å². The predicted octanol–water partition coefficient (Wildman–Crippen LogP) is 5.65. The third-order valence-corrected chi connectivity index (χ3v) is 4.74. The molecule has 0 bridgehead atoms. The summed E-state index contributed by atoms with van der Waals surface area (Å²) in [5.41, 5.74) is 3.20. The molecule has 150 valence electrons. The molecule has 1 aliphatic rings. The molecular formula is C21H31O5P. The highest BCUT2D eigenvalue weighted by Crippen LogP contribution is 2.39. The lowest BCUT2D eigenvalue weighted by Gasteiger charge is -2.15. The van der Waals surface area contributed by atoms with Crippen molar-refractivity contribution in [2.24, 2.45) is 0 Å². The second-order valence-corrected chi connectivity index (χ2v) is 8.44. The fourth-order valence-corrected chi connectivity index (χ4v) is 3.47. The van der Waals surface area contributed by atoms with E-state index in [-0.39, 0.29) is 17.8 Å². The summed E-state index contributed by atoms with van der Waals surface area (Å²) in [6, 6.07) is 5.16. The van der Waals surface area contributed by atoms with Crippen LogP contribution >= 0.6 is 7.60 Å². The monoisotopic (exact) mass is 394 g/mol. The molecule has 0 spiro atoms. The summed E-state index contributed by atoms with van der Waals surface area (Å²) in [5.74, 6) is 1.78. The van der Waals surface area contributed by atoms with E-state index < -0.39 is 7.60 Å². The van der Waals surface area contributed by atoms with Crippen LogP contribution in [0.3, 0.4) is 0 Å². The molecule has 2 rings (SSSR count). The normalized spacial score (nSPS) is 14.9. The molecule has 0 fully saturated rings. The molecule has 0 saturated carbocycles. The van der Waals surface area contributed by atoms with Crippen LogP contribution in [0, 0.1) is 0 Å². The second kappa shape index (κ2) is 9.93. The lowest BCUT2D eigenvalue weighted by atomic mass is 10.0. The summed E-state index contributed by atoms with van der Waals surface area (Å²) in [4.78, 5) is 18.4. The van der Waals surface area contributed by atoms with Crippen molar-refractivity contribution >= 4 is 7.60 Å². The molecule has 0 radical (unpaired) electrons. The first-order valence-corrected chi connectivity index (χ1v) is 11.0. The van der Waals surface area contributed by atoms with Gasteiger partial charge in [-0.15, -0.1) is 0 Å². The Morgan fingerprint density at radius 1 is 1.15 bits per heavy atom. The summed E-state index contributed by atoms with van der Waals surface area (Å²) in [5, 5.41) is 9.93. The van der Waals surface area contributed by atoms with Crippen molar-refractivity contribution < 1.29 is 24.2 Å². The Bertz CT molecular complexity index is 797. The zero-order valence-corrected chi connectivity index (χ0v) is 17.9. The lowest BCUT2D eigenvalue weighted by Crippen LogP contribution is -2.00. The largest absolute Gasteiger partial charge is 0.508 e. The zero-order valence-electron chi connectivity index (χ0n) is 17.0. The molecule has 0 aromatic heterocycles. The standard InChI is InChI=1S/C19H25O5P.C2H6/c1-12(2)17-10-16(5-6-18(17)20)24-19-8-13(3)7-15(9-14(19)4)11-25(21,22)23;1-2/h5-7,9-10,12,20H,8,11H2,1-4H3,(H2,21,22,23);1-2H3. The number of rotatable bonds is 5. The molecule has 3 N–H and O–H groups in total. The van der Waals surface area contributed by atoms with Crippen LogP contribution in [0.15, 0.2) is 52.8 Å². The molecule has 0 heterocycles. The topological polar surface area (TPSA) is 87.0 Å². The molecule has 0 unspecified atom stereocenters. The molecule has 1 aromatic rings. The molecule has 1 aliphatic carbocycles. The fraction of sp³-hybridized carbons (Fsp3) is 0.429. The minimum Gasteiger partial charge on any atom is -0.508 e. The number of phenols is 1. The zero-order chi connectivity index (χ0) is 20.8. The average Bonchev–Trinajstić information content (AvgIpc) is 2.67. The van der Waals surface area contributed by atoms with Crippen LogP contribution in [0.2, 0.25) is 0 Å². The SMILES string of the molecule is CC.CC1=CC(CP(=O)(O)O)=CC(C)=C(Oc2ccc(O)c(C(C)C)c2)C1. The maximum atomic E-state index is 11.3. The van der Waals surface area contributed by atoms with Gasteiger partial charge in [0.05, 0.1) is 6.16 Å². The van der Waals surface area contributed by atoms with E-state index in [0.29, 0.717) is 17.7 Å². The Morgan fingerprint density at radius 3 is 2.33 bits per heavy atom. The number of allylic oxidation sites excluding steroid dienone is 5. The van der Waals surface area contributed by atoms with E-state index in [4.69, 9.17) is 4.74 Å². The Labute approximate surface area is 162 Å². The van der Waals surface area contributed by atoms with Gasteiger partial charge in [-0.2, -0.15) is 0 Å². The van der Waals surface area contributed by atoms with E-state index in [0.717, 1.165) is 22.5 Å². The van der Waals surface area contributed by atoms with Gasteiger partial charge in [0, 0.05) is 12.0 Å². The van der Waals surface area contributed by atoms with Crippen molar-refractivity contribution in [1.29, 1.82) is 0 Å². The van der Waals surface area contributed by atoms with Crippen LogP contribution in [0.5, 0.6) is 11.5 Å². The first-order chi connectivity index (χ1) is 12.5. The molecule has 0 saturated heterocycles. The molecule has 0 amide bonds. The van der Waals surface area contributed by atoms with Gasteiger partial charge in [-0.05, 0) is 49.1 Å². The summed E-state index contributed by atoms with van der Waals surface area (Å²) in [6.07, 6.45) is 3.83. The molecule has 0 aliphatic heterocycles.